The molecule has 1 aromatic carbocycles. The fourth-order valence-electron chi connectivity index (χ4n) is 2.26. The van der Waals surface area contributed by atoms with Gasteiger partial charge in [-0.15, -0.1) is 11.6 Å². The summed E-state index contributed by atoms with van der Waals surface area (Å²) in [5.41, 5.74) is 7.76. The molecule has 1 fully saturated rings. The number of hydrogen-bond donors (Lipinski definition) is 1. The molecule has 1 heterocycles. The van der Waals surface area contributed by atoms with Crippen molar-refractivity contribution < 1.29 is 0 Å². The molecule has 4 heteroatoms. The molecule has 1 saturated heterocycles. The van der Waals surface area contributed by atoms with Crippen LogP contribution in [0.4, 0.5) is 11.4 Å². The highest BCUT2D eigenvalue weighted by Gasteiger charge is 2.09. The number of aliphatic imine (C=N–C) groups is 1. The fraction of sp³-hybridized carbons (Fsp3) is 0.500. The molecule has 0 amide bonds. The zero-order valence-corrected chi connectivity index (χ0v) is 11.4. The lowest BCUT2D eigenvalue weighted by molar-refractivity contribution is 0.726. The van der Waals surface area contributed by atoms with E-state index >= 15 is 0 Å². The van der Waals surface area contributed by atoms with E-state index in [0.29, 0.717) is 5.84 Å². The summed E-state index contributed by atoms with van der Waals surface area (Å²) in [5, 5.41) is 0. The molecule has 0 aliphatic carbocycles. The maximum Gasteiger partial charge on any atom is 0.115 e. The molecule has 0 saturated carbocycles. The topological polar surface area (TPSA) is 41.6 Å². The number of halogens is 1. The Labute approximate surface area is 114 Å². The molecule has 0 unspecified atom stereocenters. The average Bonchev–Trinajstić information content (AvgIpc) is 2.68. The Morgan fingerprint density at radius 1 is 1.11 bits per heavy atom. The lowest BCUT2D eigenvalue weighted by atomic mass is 10.2. The standard InChI is InChI=1S/C14H20ClN3/c15-11-14(16)17-12-5-7-13(8-6-12)18-9-3-1-2-4-10-18/h5-8H,1-4,9-11H2,(H2,16,17). The minimum atomic E-state index is 0.272. The van der Waals surface area contributed by atoms with E-state index in [4.69, 9.17) is 17.3 Å². The summed E-state index contributed by atoms with van der Waals surface area (Å²) in [6.07, 6.45) is 5.29. The summed E-state index contributed by atoms with van der Waals surface area (Å²) < 4.78 is 0. The zero-order valence-electron chi connectivity index (χ0n) is 10.6. The minimum Gasteiger partial charge on any atom is -0.386 e. The summed E-state index contributed by atoms with van der Waals surface area (Å²) in [6, 6.07) is 8.23. The molecule has 3 nitrogen and oxygen atoms in total. The van der Waals surface area contributed by atoms with Gasteiger partial charge in [0.25, 0.3) is 0 Å². The summed E-state index contributed by atoms with van der Waals surface area (Å²) in [6.45, 7) is 2.32. The summed E-state index contributed by atoms with van der Waals surface area (Å²) in [4.78, 5) is 6.68. The largest absolute Gasteiger partial charge is 0.386 e. The minimum absolute atomic E-state index is 0.272. The fourth-order valence-corrected chi connectivity index (χ4v) is 2.32. The van der Waals surface area contributed by atoms with Crippen LogP contribution in [0.1, 0.15) is 25.7 Å². The van der Waals surface area contributed by atoms with Gasteiger partial charge < -0.3 is 10.6 Å². The predicted molar refractivity (Wildman–Crippen MR) is 79.1 cm³/mol. The highest BCUT2D eigenvalue weighted by molar-refractivity contribution is 6.28. The van der Waals surface area contributed by atoms with E-state index in [2.05, 4.69) is 22.0 Å². The van der Waals surface area contributed by atoms with Gasteiger partial charge in [0.05, 0.1) is 11.6 Å². The molecule has 98 valence electrons. The van der Waals surface area contributed by atoms with Crippen molar-refractivity contribution >= 4 is 28.8 Å². The number of benzene rings is 1. The van der Waals surface area contributed by atoms with Crippen LogP contribution in [0.2, 0.25) is 0 Å². The Kier molecular flexibility index (Phi) is 4.88. The maximum absolute atomic E-state index is 5.61. The predicted octanol–water partition coefficient (Wildman–Crippen LogP) is 3.29. The number of hydrogen-bond acceptors (Lipinski definition) is 2. The van der Waals surface area contributed by atoms with Crippen LogP contribution >= 0.6 is 11.6 Å². The van der Waals surface area contributed by atoms with Crippen molar-refractivity contribution in [3.05, 3.63) is 24.3 Å². The third kappa shape index (κ3) is 3.64. The normalized spacial score (nSPS) is 17.6. The first-order valence-corrected chi connectivity index (χ1v) is 7.07. The molecule has 2 N–H and O–H groups in total. The van der Waals surface area contributed by atoms with Crippen molar-refractivity contribution in [1.29, 1.82) is 0 Å². The van der Waals surface area contributed by atoms with Crippen molar-refractivity contribution in [2.45, 2.75) is 25.7 Å². The van der Waals surface area contributed by atoms with Crippen LogP contribution in [-0.4, -0.2) is 24.8 Å². The molecule has 0 radical (unpaired) electrons. The maximum atomic E-state index is 5.61. The highest BCUT2D eigenvalue weighted by Crippen LogP contribution is 2.22. The number of nitrogens with two attached hydrogens (primary N) is 1. The van der Waals surface area contributed by atoms with Crippen molar-refractivity contribution in [3.63, 3.8) is 0 Å². The van der Waals surface area contributed by atoms with E-state index < -0.39 is 0 Å². The first-order chi connectivity index (χ1) is 8.79. The average molecular weight is 266 g/mol. The third-order valence-electron chi connectivity index (χ3n) is 3.23. The van der Waals surface area contributed by atoms with Gasteiger partial charge in [0.15, 0.2) is 0 Å². The van der Waals surface area contributed by atoms with Crippen molar-refractivity contribution in [2.75, 3.05) is 23.9 Å². The Bertz CT molecular complexity index is 392. The van der Waals surface area contributed by atoms with Crippen LogP contribution in [0.15, 0.2) is 29.3 Å². The van der Waals surface area contributed by atoms with Crippen LogP contribution in [0.25, 0.3) is 0 Å². The van der Waals surface area contributed by atoms with E-state index in [0.717, 1.165) is 18.8 Å². The first-order valence-electron chi connectivity index (χ1n) is 6.53. The molecule has 0 atom stereocenters. The Morgan fingerprint density at radius 2 is 1.72 bits per heavy atom. The second kappa shape index (κ2) is 6.64. The van der Waals surface area contributed by atoms with Crippen LogP contribution in [0.3, 0.4) is 0 Å². The van der Waals surface area contributed by atoms with Gasteiger partial charge >= 0.3 is 0 Å². The van der Waals surface area contributed by atoms with Gasteiger partial charge in [0, 0.05) is 18.8 Å². The van der Waals surface area contributed by atoms with Gasteiger partial charge in [-0.3, -0.25) is 0 Å². The molecule has 0 spiro atoms. The Hall–Kier alpha value is -1.22. The Morgan fingerprint density at radius 3 is 2.28 bits per heavy atom. The second-order valence-electron chi connectivity index (χ2n) is 4.65. The monoisotopic (exact) mass is 265 g/mol. The molecular weight excluding hydrogens is 246 g/mol. The molecule has 0 bridgehead atoms. The van der Waals surface area contributed by atoms with E-state index in [1.165, 1.54) is 31.4 Å². The molecule has 2 rings (SSSR count). The van der Waals surface area contributed by atoms with Gasteiger partial charge in [-0.2, -0.15) is 0 Å². The zero-order chi connectivity index (χ0) is 12.8. The molecule has 0 aromatic heterocycles. The molecule has 1 aliphatic rings. The third-order valence-corrected chi connectivity index (χ3v) is 3.50. The molecule has 1 aliphatic heterocycles. The summed E-state index contributed by atoms with van der Waals surface area (Å²) >= 11 is 5.61. The SMILES string of the molecule is NC(CCl)=Nc1ccc(N2CCCCCC2)cc1. The van der Waals surface area contributed by atoms with E-state index in [1.54, 1.807) is 0 Å². The quantitative estimate of drug-likeness (QED) is 0.518. The van der Waals surface area contributed by atoms with Crippen LogP contribution in [0, 0.1) is 0 Å². The number of nitrogens with zero attached hydrogens (tertiary/aromatic N) is 2. The van der Waals surface area contributed by atoms with Crippen molar-refractivity contribution in [3.8, 4) is 0 Å². The van der Waals surface area contributed by atoms with Gasteiger partial charge in [-0.05, 0) is 37.1 Å². The Balaban J connectivity index is 2.06. The van der Waals surface area contributed by atoms with E-state index in [1.807, 2.05) is 12.1 Å². The molecule has 18 heavy (non-hydrogen) atoms. The summed E-state index contributed by atoms with van der Waals surface area (Å²) in [7, 11) is 0. The van der Waals surface area contributed by atoms with Gasteiger partial charge in [-0.25, -0.2) is 4.99 Å². The highest BCUT2D eigenvalue weighted by atomic mass is 35.5. The lowest BCUT2D eigenvalue weighted by Gasteiger charge is -2.22. The lowest BCUT2D eigenvalue weighted by Crippen LogP contribution is -2.23. The van der Waals surface area contributed by atoms with E-state index in [-0.39, 0.29) is 5.88 Å². The number of anilines is 1. The van der Waals surface area contributed by atoms with Crippen molar-refractivity contribution in [1.82, 2.24) is 0 Å². The number of amidine groups is 1. The van der Waals surface area contributed by atoms with Crippen molar-refractivity contribution in [2.24, 2.45) is 10.7 Å². The van der Waals surface area contributed by atoms with Gasteiger partial charge in [0.1, 0.15) is 5.84 Å². The first kappa shape index (κ1) is 13.2. The summed E-state index contributed by atoms with van der Waals surface area (Å²) in [5.74, 6) is 0.729. The number of alkyl halides is 1. The van der Waals surface area contributed by atoms with Gasteiger partial charge in [-0.1, -0.05) is 12.8 Å². The van der Waals surface area contributed by atoms with E-state index in [9.17, 15) is 0 Å². The molecule has 1 aromatic rings. The molecular formula is C14H20ClN3. The number of rotatable bonds is 3. The van der Waals surface area contributed by atoms with Crippen LogP contribution in [-0.2, 0) is 0 Å². The second-order valence-corrected chi connectivity index (χ2v) is 4.92. The van der Waals surface area contributed by atoms with Gasteiger partial charge in [0.2, 0.25) is 0 Å². The van der Waals surface area contributed by atoms with Crippen LogP contribution in [0.5, 0.6) is 0 Å². The smallest absolute Gasteiger partial charge is 0.115 e. The van der Waals surface area contributed by atoms with Crippen LogP contribution < -0.4 is 10.6 Å².